The Morgan fingerprint density at radius 1 is 1.48 bits per heavy atom. The number of nitrogens with zero attached hydrogens (tertiary/aromatic N) is 4. The third-order valence-electron chi connectivity index (χ3n) is 3.98. The number of aryl methyl sites for hydroxylation is 1. The third kappa shape index (κ3) is 3.66. The minimum Gasteiger partial charge on any atom is -0.367 e. The maximum atomic E-state index is 11.7. The molecule has 25 heavy (non-hydrogen) atoms. The fourth-order valence-electron chi connectivity index (χ4n) is 2.66. The molecule has 0 aliphatic carbocycles. The van der Waals surface area contributed by atoms with Crippen LogP contribution in [-0.4, -0.2) is 40.4 Å². The number of hydrogen-bond donors (Lipinski definition) is 1. The van der Waals surface area contributed by atoms with Gasteiger partial charge < -0.3 is 5.32 Å². The average Bonchev–Trinajstić information content (AvgIpc) is 3.10. The molecule has 3 heterocycles. The smallest absolute Gasteiger partial charge is 0.304 e. The van der Waals surface area contributed by atoms with E-state index in [2.05, 4.69) is 15.4 Å². The van der Waals surface area contributed by atoms with Crippen molar-refractivity contribution in [3.8, 4) is 0 Å². The van der Waals surface area contributed by atoms with E-state index >= 15 is 0 Å². The maximum absolute atomic E-state index is 11.7. The zero-order chi connectivity index (χ0) is 18.4. The molecule has 3 rings (SSSR count). The van der Waals surface area contributed by atoms with E-state index in [1.165, 1.54) is 0 Å². The molecule has 2 aromatic rings. The molecule has 2 aromatic heterocycles. The molecule has 0 spiro atoms. The van der Waals surface area contributed by atoms with Gasteiger partial charge in [-0.1, -0.05) is 25.2 Å². The number of nitrogens with one attached hydrogen (secondary N) is 1. The lowest BCUT2D eigenvalue weighted by Crippen LogP contribution is -2.31. The minimum atomic E-state index is -3.49. The molecular formula is C14H19N5O4S2. The molecular weight excluding hydrogens is 366 g/mol. The van der Waals surface area contributed by atoms with Gasteiger partial charge in [0.15, 0.2) is 20.7 Å². The molecule has 0 aromatic carbocycles. The Morgan fingerprint density at radius 2 is 2.20 bits per heavy atom. The number of anilines is 1. The first kappa shape index (κ1) is 17.8. The van der Waals surface area contributed by atoms with Gasteiger partial charge in [0.05, 0.1) is 11.5 Å². The van der Waals surface area contributed by atoms with Crippen molar-refractivity contribution in [1.29, 1.82) is 0 Å². The first-order valence-corrected chi connectivity index (χ1v) is 10.5. The number of hydrogen-bond acceptors (Lipinski definition) is 8. The van der Waals surface area contributed by atoms with Gasteiger partial charge in [-0.05, 0) is 6.42 Å². The van der Waals surface area contributed by atoms with Gasteiger partial charge >= 0.3 is 5.69 Å². The summed E-state index contributed by atoms with van der Waals surface area (Å²) in [6, 6.07) is 1.04. The molecule has 0 saturated heterocycles. The van der Waals surface area contributed by atoms with Crippen molar-refractivity contribution in [1.82, 2.24) is 14.8 Å². The molecule has 0 amide bonds. The number of nitro groups is 1. The summed E-state index contributed by atoms with van der Waals surface area (Å²) in [5.74, 6) is 1.94. The van der Waals surface area contributed by atoms with Gasteiger partial charge in [0, 0.05) is 30.7 Å². The Kier molecular flexibility index (Phi) is 4.54. The lowest BCUT2D eigenvalue weighted by molar-refractivity contribution is -0.383. The van der Waals surface area contributed by atoms with E-state index < -0.39 is 14.8 Å². The van der Waals surface area contributed by atoms with Crippen LogP contribution in [0.1, 0.15) is 37.8 Å². The molecule has 0 fully saturated rings. The average molecular weight is 385 g/mol. The number of thiophene rings is 1. The zero-order valence-corrected chi connectivity index (χ0v) is 15.7. The van der Waals surface area contributed by atoms with Crippen LogP contribution in [0.25, 0.3) is 0 Å². The fraction of sp³-hybridized carbons (Fsp3) is 0.571. The van der Waals surface area contributed by atoms with Crippen LogP contribution in [0.5, 0.6) is 0 Å². The lowest BCUT2D eigenvalue weighted by atomic mass is 10.1. The quantitative estimate of drug-likeness (QED) is 0.619. The minimum absolute atomic E-state index is 0.0129. The number of aromatic nitrogens is 3. The Hall–Kier alpha value is -2.01. The summed E-state index contributed by atoms with van der Waals surface area (Å²) < 4.78 is 25.2. The van der Waals surface area contributed by atoms with Gasteiger partial charge in [0.25, 0.3) is 0 Å². The molecule has 9 nitrogen and oxygen atoms in total. The van der Waals surface area contributed by atoms with Crippen molar-refractivity contribution in [2.75, 3.05) is 11.6 Å². The highest BCUT2D eigenvalue weighted by Crippen LogP contribution is 2.38. The second-order valence-corrected chi connectivity index (χ2v) is 9.71. The standard InChI is InChI=1S/C14H19N5O4S2/c1-8(2)13-16-11-5-4-9(7-18(11)17-13)15-14-10(19(20)21)6-12(24-14)25(3,22)23/h6,8-9,15H,4-5,7H2,1-3H3. The molecule has 0 radical (unpaired) electrons. The normalized spacial score (nSPS) is 17.5. The third-order valence-corrected chi connectivity index (χ3v) is 6.84. The molecule has 11 heteroatoms. The van der Waals surface area contributed by atoms with Gasteiger partial charge in [0.2, 0.25) is 0 Å². The molecule has 1 atom stereocenters. The molecule has 1 unspecified atom stereocenters. The Balaban J connectivity index is 1.83. The van der Waals surface area contributed by atoms with E-state index in [0.717, 1.165) is 48.1 Å². The van der Waals surface area contributed by atoms with E-state index in [1.807, 2.05) is 18.5 Å². The zero-order valence-electron chi connectivity index (χ0n) is 14.1. The Bertz CT molecular complexity index is 916. The second kappa shape index (κ2) is 6.37. The summed E-state index contributed by atoms with van der Waals surface area (Å²) >= 11 is 0.894. The van der Waals surface area contributed by atoms with E-state index in [-0.39, 0.29) is 26.9 Å². The van der Waals surface area contributed by atoms with Crippen molar-refractivity contribution >= 4 is 31.9 Å². The van der Waals surface area contributed by atoms with Gasteiger partial charge in [-0.3, -0.25) is 10.1 Å². The first-order valence-electron chi connectivity index (χ1n) is 7.83. The summed E-state index contributed by atoms with van der Waals surface area (Å²) in [6.07, 6.45) is 2.51. The van der Waals surface area contributed by atoms with Crippen molar-refractivity contribution in [3.05, 3.63) is 27.8 Å². The summed E-state index contributed by atoms with van der Waals surface area (Å²) in [5.41, 5.74) is -0.210. The highest BCUT2D eigenvalue weighted by molar-refractivity contribution is 7.92. The van der Waals surface area contributed by atoms with Gasteiger partial charge in [0.1, 0.15) is 10.0 Å². The summed E-state index contributed by atoms with van der Waals surface area (Å²) in [7, 11) is -3.49. The number of fused-ring (bicyclic) bond motifs is 1. The van der Waals surface area contributed by atoms with Gasteiger partial charge in [-0.15, -0.1) is 0 Å². The monoisotopic (exact) mass is 385 g/mol. The van der Waals surface area contributed by atoms with Crippen molar-refractivity contribution < 1.29 is 13.3 Å². The molecule has 0 saturated carbocycles. The van der Waals surface area contributed by atoms with Crippen LogP contribution in [0.15, 0.2) is 10.3 Å². The van der Waals surface area contributed by atoms with Gasteiger partial charge in [-0.25, -0.2) is 18.1 Å². The highest BCUT2D eigenvalue weighted by Gasteiger charge is 2.28. The second-order valence-electron chi connectivity index (χ2n) is 6.41. The first-order chi connectivity index (χ1) is 11.6. The molecule has 0 bridgehead atoms. The predicted molar refractivity (Wildman–Crippen MR) is 93.9 cm³/mol. The number of rotatable bonds is 5. The van der Waals surface area contributed by atoms with Crippen LogP contribution >= 0.6 is 11.3 Å². The predicted octanol–water partition coefficient (Wildman–Crippen LogP) is 2.20. The molecule has 1 aliphatic heterocycles. The topological polar surface area (TPSA) is 120 Å². The maximum Gasteiger partial charge on any atom is 0.304 e. The van der Waals surface area contributed by atoms with Crippen LogP contribution < -0.4 is 5.32 Å². The Labute approximate surface area is 149 Å². The van der Waals surface area contributed by atoms with Crippen LogP contribution in [0.4, 0.5) is 10.7 Å². The van der Waals surface area contributed by atoms with E-state index in [4.69, 9.17) is 0 Å². The highest BCUT2D eigenvalue weighted by atomic mass is 32.2. The van der Waals surface area contributed by atoms with Crippen molar-refractivity contribution in [3.63, 3.8) is 0 Å². The fourth-order valence-corrected chi connectivity index (χ4v) is 4.67. The van der Waals surface area contributed by atoms with Crippen molar-refractivity contribution in [2.24, 2.45) is 0 Å². The van der Waals surface area contributed by atoms with Crippen LogP contribution in [-0.2, 0) is 22.8 Å². The SMILES string of the molecule is CC(C)c1nc2n(n1)CC(Nc1sc(S(C)(=O)=O)cc1[N+](=O)[O-])CC2. The molecule has 1 aliphatic rings. The van der Waals surface area contributed by atoms with E-state index in [9.17, 15) is 18.5 Å². The largest absolute Gasteiger partial charge is 0.367 e. The Morgan fingerprint density at radius 3 is 2.80 bits per heavy atom. The van der Waals surface area contributed by atoms with Crippen LogP contribution in [0, 0.1) is 10.1 Å². The summed E-state index contributed by atoms with van der Waals surface area (Å²) in [4.78, 5) is 15.2. The lowest BCUT2D eigenvalue weighted by Gasteiger charge is -2.23. The number of sulfone groups is 1. The molecule has 136 valence electrons. The van der Waals surface area contributed by atoms with E-state index in [0.29, 0.717) is 6.54 Å². The van der Waals surface area contributed by atoms with Crippen molar-refractivity contribution in [2.45, 2.75) is 49.4 Å². The van der Waals surface area contributed by atoms with Crippen LogP contribution in [0.3, 0.4) is 0 Å². The van der Waals surface area contributed by atoms with E-state index in [1.54, 1.807) is 0 Å². The van der Waals surface area contributed by atoms with Crippen LogP contribution in [0.2, 0.25) is 0 Å². The summed E-state index contributed by atoms with van der Waals surface area (Å²) in [6.45, 7) is 4.59. The van der Waals surface area contributed by atoms with Gasteiger partial charge in [-0.2, -0.15) is 5.10 Å². The summed E-state index contributed by atoms with van der Waals surface area (Å²) in [5, 5.41) is 19.1. The molecule has 1 N–H and O–H groups in total.